The molecule has 2 nitrogen and oxygen atoms in total. The second kappa shape index (κ2) is 6.03. The number of nitrogens with two attached hydrogens (primary N) is 1. The predicted octanol–water partition coefficient (Wildman–Crippen LogP) is 4.86. The average molecular weight is 364 g/mol. The van der Waals surface area contributed by atoms with Crippen molar-refractivity contribution in [2.45, 2.75) is 12.7 Å². The third-order valence-corrected chi connectivity index (χ3v) is 3.59. The lowest BCUT2D eigenvalue weighted by Crippen LogP contribution is -2.04. The summed E-state index contributed by atoms with van der Waals surface area (Å²) in [5, 5.41) is 0. The number of benzene rings is 2. The number of hydrogen-bond acceptors (Lipinski definition) is 2. The van der Waals surface area contributed by atoms with Crippen LogP contribution in [0, 0.1) is 5.82 Å². The minimum Gasteiger partial charge on any atom is -0.454 e. The fourth-order valence-electron chi connectivity index (χ4n) is 1.67. The summed E-state index contributed by atoms with van der Waals surface area (Å²) in [4.78, 5) is 0. The Hall–Kier alpha value is -1.60. The van der Waals surface area contributed by atoms with Crippen molar-refractivity contribution in [1.82, 2.24) is 0 Å². The van der Waals surface area contributed by atoms with Crippen molar-refractivity contribution in [1.29, 1.82) is 0 Å². The van der Waals surface area contributed by atoms with Gasteiger partial charge in [0, 0.05) is 6.54 Å². The maximum atomic E-state index is 14.0. The topological polar surface area (TPSA) is 35.2 Å². The SMILES string of the molecule is NCc1ccc(Oc2cccc(C(F)(F)F)c2)c(F)c1Br. The molecular formula is C14H10BrF4NO. The maximum Gasteiger partial charge on any atom is 0.416 e. The molecule has 0 heterocycles. The quantitative estimate of drug-likeness (QED) is 0.790. The van der Waals surface area contributed by atoms with Crippen molar-refractivity contribution in [3.63, 3.8) is 0 Å². The van der Waals surface area contributed by atoms with Crippen LogP contribution >= 0.6 is 15.9 Å². The molecule has 2 aromatic rings. The molecular weight excluding hydrogens is 354 g/mol. The van der Waals surface area contributed by atoms with Gasteiger partial charge in [-0.25, -0.2) is 4.39 Å². The zero-order chi connectivity index (χ0) is 15.6. The Labute approximate surface area is 126 Å². The minimum atomic E-state index is -4.48. The van der Waals surface area contributed by atoms with E-state index in [0.717, 1.165) is 12.1 Å². The standard InChI is InChI=1S/C14H10BrF4NO/c15-12-8(7-20)4-5-11(13(12)16)21-10-3-1-2-9(6-10)14(17,18)19/h1-6H,7,20H2. The van der Waals surface area contributed by atoms with E-state index in [4.69, 9.17) is 10.5 Å². The molecule has 0 aromatic heterocycles. The number of halogens is 5. The van der Waals surface area contributed by atoms with Gasteiger partial charge >= 0.3 is 6.18 Å². The van der Waals surface area contributed by atoms with Crippen molar-refractivity contribution < 1.29 is 22.3 Å². The van der Waals surface area contributed by atoms with Crippen LogP contribution in [0.25, 0.3) is 0 Å². The van der Waals surface area contributed by atoms with Crippen LogP contribution in [-0.2, 0) is 12.7 Å². The normalized spacial score (nSPS) is 11.5. The Morgan fingerprint density at radius 1 is 1.14 bits per heavy atom. The predicted molar refractivity (Wildman–Crippen MR) is 73.5 cm³/mol. The molecule has 0 aliphatic carbocycles. The third-order valence-electron chi connectivity index (χ3n) is 2.74. The van der Waals surface area contributed by atoms with Gasteiger partial charge in [-0.15, -0.1) is 0 Å². The van der Waals surface area contributed by atoms with Gasteiger partial charge in [0.1, 0.15) is 5.75 Å². The molecule has 0 bridgehead atoms. The maximum absolute atomic E-state index is 14.0. The van der Waals surface area contributed by atoms with E-state index in [1.807, 2.05) is 0 Å². The van der Waals surface area contributed by atoms with E-state index < -0.39 is 17.6 Å². The first-order valence-corrected chi connectivity index (χ1v) is 6.64. The summed E-state index contributed by atoms with van der Waals surface area (Å²) in [6.07, 6.45) is -4.48. The number of ether oxygens (including phenoxy) is 1. The number of alkyl halides is 3. The Morgan fingerprint density at radius 3 is 2.48 bits per heavy atom. The Morgan fingerprint density at radius 2 is 1.86 bits per heavy atom. The van der Waals surface area contributed by atoms with Gasteiger partial charge in [-0.1, -0.05) is 12.1 Å². The van der Waals surface area contributed by atoms with E-state index in [1.54, 1.807) is 0 Å². The monoisotopic (exact) mass is 363 g/mol. The first-order chi connectivity index (χ1) is 9.82. The second-order valence-corrected chi connectivity index (χ2v) is 4.98. The summed E-state index contributed by atoms with van der Waals surface area (Å²) < 4.78 is 57.1. The van der Waals surface area contributed by atoms with Crippen molar-refractivity contribution >= 4 is 15.9 Å². The molecule has 0 aliphatic rings. The molecule has 2 aromatic carbocycles. The van der Waals surface area contributed by atoms with E-state index in [9.17, 15) is 17.6 Å². The minimum absolute atomic E-state index is 0.101. The van der Waals surface area contributed by atoms with Crippen LogP contribution in [0.15, 0.2) is 40.9 Å². The van der Waals surface area contributed by atoms with Crippen LogP contribution < -0.4 is 10.5 Å². The number of rotatable bonds is 3. The van der Waals surface area contributed by atoms with Gasteiger partial charge in [0.25, 0.3) is 0 Å². The largest absolute Gasteiger partial charge is 0.454 e. The molecule has 2 N–H and O–H groups in total. The highest BCUT2D eigenvalue weighted by atomic mass is 79.9. The number of hydrogen-bond donors (Lipinski definition) is 1. The molecule has 0 atom stereocenters. The first-order valence-electron chi connectivity index (χ1n) is 5.85. The van der Waals surface area contributed by atoms with E-state index in [2.05, 4.69) is 15.9 Å². The van der Waals surface area contributed by atoms with E-state index in [-0.39, 0.29) is 22.5 Å². The smallest absolute Gasteiger partial charge is 0.416 e. The molecule has 0 fully saturated rings. The Bertz CT molecular complexity index is 658. The van der Waals surface area contributed by atoms with Gasteiger partial charge in [0.2, 0.25) is 0 Å². The summed E-state index contributed by atoms with van der Waals surface area (Å²) in [6.45, 7) is 0.126. The van der Waals surface area contributed by atoms with Crippen LogP contribution in [0.5, 0.6) is 11.5 Å². The summed E-state index contributed by atoms with van der Waals surface area (Å²) in [7, 11) is 0. The Balaban J connectivity index is 2.33. The molecule has 0 spiro atoms. The zero-order valence-electron chi connectivity index (χ0n) is 10.5. The van der Waals surface area contributed by atoms with Crippen molar-refractivity contribution in [3.8, 4) is 11.5 Å². The third kappa shape index (κ3) is 3.54. The molecule has 0 radical (unpaired) electrons. The highest BCUT2D eigenvalue weighted by Gasteiger charge is 2.30. The summed E-state index contributed by atoms with van der Waals surface area (Å²) in [5.41, 5.74) is 5.10. The van der Waals surface area contributed by atoms with Crippen LogP contribution in [0.3, 0.4) is 0 Å². The van der Waals surface area contributed by atoms with Crippen LogP contribution in [0.2, 0.25) is 0 Å². The molecule has 0 amide bonds. The fraction of sp³-hybridized carbons (Fsp3) is 0.143. The van der Waals surface area contributed by atoms with Gasteiger partial charge in [-0.3, -0.25) is 0 Å². The second-order valence-electron chi connectivity index (χ2n) is 4.18. The van der Waals surface area contributed by atoms with E-state index >= 15 is 0 Å². The van der Waals surface area contributed by atoms with Gasteiger partial charge in [0.05, 0.1) is 10.0 Å². The highest BCUT2D eigenvalue weighted by Crippen LogP contribution is 2.35. The molecule has 0 saturated heterocycles. The molecule has 0 aliphatic heterocycles. The molecule has 112 valence electrons. The summed E-state index contributed by atoms with van der Waals surface area (Å²) in [5.74, 6) is -0.995. The van der Waals surface area contributed by atoms with Crippen LogP contribution in [0.4, 0.5) is 17.6 Å². The van der Waals surface area contributed by atoms with Crippen LogP contribution in [0.1, 0.15) is 11.1 Å². The fourth-order valence-corrected chi connectivity index (χ4v) is 2.16. The zero-order valence-corrected chi connectivity index (χ0v) is 12.1. The summed E-state index contributed by atoms with van der Waals surface area (Å²) in [6, 6.07) is 7.10. The van der Waals surface area contributed by atoms with Crippen molar-refractivity contribution in [2.75, 3.05) is 0 Å². The Kier molecular flexibility index (Phi) is 4.53. The van der Waals surface area contributed by atoms with E-state index in [1.165, 1.54) is 24.3 Å². The van der Waals surface area contributed by atoms with Gasteiger partial charge in [0.15, 0.2) is 11.6 Å². The highest BCUT2D eigenvalue weighted by molar-refractivity contribution is 9.10. The first kappa shape index (κ1) is 15.8. The molecule has 21 heavy (non-hydrogen) atoms. The van der Waals surface area contributed by atoms with Crippen molar-refractivity contribution in [2.24, 2.45) is 5.73 Å². The molecule has 2 rings (SSSR count). The lowest BCUT2D eigenvalue weighted by Gasteiger charge is -2.12. The average Bonchev–Trinajstić information content (AvgIpc) is 2.44. The summed E-state index contributed by atoms with van der Waals surface area (Å²) >= 11 is 3.04. The van der Waals surface area contributed by atoms with Gasteiger partial charge in [-0.2, -0.15) is 13.2 Å². The van der Waals surface area contributed by atoms with Gasteiger partial charge in [-0.05, 0) is 45.8 Å². The molecule has 7 heteroatoms. The lowest BCUT2D eigenvalue weighted by atomic mass is 10.2. The van der Waals surface area contributed by atoms with E-state index in [0.29, 0.717) is 5.56 Å². The van der Waals surface area contributed by atoms with Crippen LogP contribution in [-0.4, -0.2) is 0 Å². The lowest BCUT2D eigenvalue weighted by molar-refractivity contribution is -0.137. The molecule has 0 saturated carbocycles. The van der Waals surface area contributed by atoms with Gasteiger partial charge < -0.3 is 10.5 Å². The van der Waals surface area contributed by atoms with Crippen molar-refractivity contribution in [3.05, 3.63) is 57.8 Å². The molecule has 0 unspecified atom stereocenters.